The van der Waals surface area contributed by atoms with Crippen LogP contribution in [-0.2, 0) is 22.1 Å². The van der Waals surface area contributed by atoms with Crippen LogP contribution in [0.15, 0.2) is 42.5 Å². The maximum Gasteiger partial charge on any atom is 0.416 e. The summed E-state index contributed by atoms with van der Waals surface area (Å²) in [6, 6.07) is 9.33. The van der Waals surface area contributed by atoms with Crippen molar-refractivity contribution in [2.75, 3.05) is 13.2 Å². The van der Waals surface area contributed by atoms with Gasteiger partial charge in [0.1, 0.15) is 5.82 Å². The van der Waals surface area contributed by atoms with Gasteiger partial charge >= 0.3 is 6.18 Å². The molecule has 1 fully saturated rings. The van der Waals surface area contributed by atoms with Crippen LogP contribution in [0, 0.1) is 11.7 Å². The molecule has 1 saturated heterocycles. The SMILES string of the molecule is CCCC1COC(CCc2ccc(-c3ccc(C(F)(F)F)cc3)c(F)c2)OC1. The van der Waals surface area contributed by atoms with E-state index in [-0.39, 0.29) is 11.9 Å². The van der Waals surface area contributed by atoms with E-state index in [1.165, 1.54) is 18.2 Å². The fourth-order valence-corrected chi connectivity index (χ4v) is 3.40. The Labute approximate surface area is 162 Å². The second-order valence-corrected chi connectivity index (χ2v) is 7.18. The maximum absolute atomic E-state index is 14.5. The molecule has 0 aromatic heterocycles. The number of hydrogen-bond donors (Lipinski definition) is 0. The van der Waals surface area contributed by atoms with E-state index in [1.54, 1.807) is 12.1 Å². The lowest BCUT2D eigenvalue weighted by Gasteiger charge is -2.29. The Morgan fingerprint density at radius 2 is 1.64 bits per heavy atom. The molecule has 2 nitrogen and oxygen atoms in total. The molecule has 2 aromatic rings. The Hall–Kier alpha value is -1.92. The van der Waals surface area contributed by atoms with Gasteiger partial charge < -0.3 is 9.47 Å². The van der Waals surface area contributed by atoms with Crippen LogP contribution in [0.2, 0.25) is 0 Å². The van der Waals surface area contributed by atoms with Crippen LogP contribution in [0.1, 0.15) is 37.3 Å². The molecule has 0 bridgehead atoms. The van der Waals surface area contributed by atoms with E-state index in [2.05, 4.69) is 6.92 Å². The summed E-state index contributed by atoms with van der Waals surface area (Å²) >= 11 is 0. The van der Waals surface area contributed by atoms with E-state index in [4.69, 9.17) is 9.47 Å². The monoisotopic (exact) mass is 396 g/mol. The number of ether oxygens (including phenoxy) is 2. The molecule has 0 aliphatic carbocycles. The molecule has 6 heteroatoms. The van der Waals surface area contributed by atoms with Crippen LogP contribution in [0.4, 0.5) is 17.6 Å². The van der Waals surface area contributed by atoms with Crippen molar-refractivity contribution in [3.8, 4) is 11.1 Å². The van der Waals surface area contributed by atoms with Crippen molar-refractivity contribution in [1.82, 2.24) is 0 Å². The van der Waals surface area contributed by atoms with Gasteiger partial charge in [-0.1, -0.05) is 37.6 Å². The van der Waals surface area contributed by atoms with E-state index in [0.29, 0.717) is 37.5 Å². The van der Waals surface area contributed by atoms with E-state index >= 15 is 0 Å². The molecule has 0 atom stereocenters. The van der Waals surface area contributed by atoms with Gasteiger partial charge in [0.25, 0.3) is 0 Å². The van der Waals surface area contributed by atoms with Crippen molar-refractivity contribution in [2.45, 2.75) is 45.1 Å². The molecule has 1 aliphatic rings. The molecule has 0 radical (unpaired) electrons. The van der Waals surface area contributed by atoms with Gasteiger partial charge in [0, 0.05) is 17.9 Å². The highest BCUT2D eigenvalue weighted by Gasteiger charge is 2.30. The number of aryl methyl sites for hydroxylation is 1. The van der Waals surface area contributed by atoms with Crippen molar-refractivity contribution in [2.24, 2.45) is 5.92 Å². The van der Waals surface area contributed by atoms with Crippen molar-refractivity contribution in [1.29, 1.82) is 0 Å². The predicted octanol–water partition coefficient (Wildman–Crippen LogP) is 6.23. The minimum absolute atomic E-state index is 0.272. The largest absolute Gasteiger partial charge is 0.416 e. The van der Waals surface area contributed by atoms with E-state index in [1.807, 2.05) is 0 Å². The fourth-order valence-electron chi connectivity index (χ4n) is 3.40. The highest BCUT2D eigenvalue weighted by Crippen LogP contribution is 2.32. The molecule has 3 rings (SSSR count). The van der Waals surface area contributed by atoms with Crippen LogP contribution >= 0.6 is 0 Å². The Morgan fingerprint density at radius 1 is 0.964 bits per heavy atom. The number of halogens is 4. The molecule has 1 heterocycles. The average Bonchev–Trinajstić information content (AvgIpc) is 2.67. The summed E-state index contributed by atoms with van der Waals surface area (Å²) in [6.07, 6.45) is -1.24. The first-order chi connectivity index (χ1) is 13.4. The lowest BCUT2D eigenvalue weighted by Crippen LogP contribution is -2.32. The zero-order chi connectivity index (χ0) is 20.1. The number of alkyl halides is 3. The first-order valence-corrected chi connectivity index (χ1v) is 9.56. The van der Waals surface area contributed by atoms with E-state index < -0.39 is 17.6 Å². The molecule has 152 valence electrons. The molecule has 0 N–H and O–H groups in total. The fraction of sp³-hybridized carbons (Fsp3) is 0.455. The zero-order valence-corrected chi connectivity index (χ0v) is 15.8. The summed E-state index contributed by atoms with van der Waals surface area (Å²) < 4.78 is 63.9. The molecule has 28 heavy (non-hydrogen) atoms. The summed E-state index contributed by atoms with van der Waals surface area (Å²) in [6.45, 7) is 3.52. The lowest BCUT2D eigenvalue weighted by molar-refractivity contribution is -0.203. The van der Waals surface area contributed by atoms with Gasteiger partial charge in [-0.15, -0.1) is 0 Å². The van der Waals surface area contributed by atoms with Crippen LogP contribution < -0.4 is 0 Å². The lowest BCUT2D eigenvalue weighted by atomic mass is 10.00. The van der Waals surface area contributed by atoms with Crippen LogP contribution in [0.5, 0.6) is 0 Å². The summed E-state index contributed by atoms with van der Waals surface area (Å²) in [7, 11) is 0. The van der Waals surface area contributed by atoms with Crippen molar-refractivity contribution >= 4 is 0 Å². The predicted molar refractivity (Wildman–Crippen MR) is 99.2 cm³/mol. The van der Waals surface area contributed by atoms with Crippen LogP contribution in [0.25, 0.3) is 11.1 Å². The third-order valence-corrected chi connectivity index (χ3v) is 4.96. The normalized spacial score (nSPS) is 20.3. The summed E-state index contributed by atoms with van der Waals surface area (Å²) in [4.78, 5) is 0. The van der Waals surface area contributed by atoms with Gasteiger partial charge in [-0.3, -0.25) is 0 Å². The van der Waals surface area contributed by atoms with Gasteiger partial charge in [0.05, 0.1) is 18.8 Å². The molecule has 0 amide bonds. The number of benzene rings is 2. The molecular weight excluding hydrogens is 372 g/mol. The summed E-state index contributed by atoms with van der Waals surface area (Å²) in [5.74, 6) is -0.00698. The molecule has 1 aliphatic heterocycles. The first kappa shape index (κ1) is 20.8. The van der Waals surface area contributed by atoms with Gasteiger partial charge in [-0.2, -0.15) is 13.2 Å². The second kappa shape index (κ2) is 9.05. The van der Waals surface area contributed by atoms with Gasteiger partial charge in [0.15, 0.2) is 6.29 Å². The van der Waals surface area contributed by atoms with Gasteiger partial charge in [0.2, 0.25) is 0 Å². The van der Waals surface area contributed by atoms with E-state index in [0.717, 1.165) is 30.5 Å². The van der Waals surface area contributed by atoms with Crippen LogP contribution in [-0.4, -0.2) is 19.5 Å². The highest BCUT2D eigenvalue weighted by atomic mass is 19.4. The first-order valence-electron chi connectivity index (χ1n) is 9.56. The second-order valence-electron chi connectivity index (χ2n) is 7.18. The number of rotatable bonds is 6. The van der Waals surface area contributed by atoms with Gasteiger partial charge in [-0.05, 0) is 42.2 Å². The zero-order valence-electron chi connectivity index (χ0n) is 15.8. The standard InChI is InChI=1S/C22H24F4O2/c1-2-3-16-13-27-21(28-14-16)11-5-15-4-10-19(20(23)12-15)17-6-8-18(9-7-17)22(24,25)26/h4,6-10,12,16,21H,2-3,5,11,13-14H2,1H3. The Bertz CT molecular complexity index is 763. The quantitative estimate of drug-likeness (QED) is 0.539. The highest BCUT2D eigenvalue weighted by molar-refractivity contribution is 5.64. The number of hydrogen-bond acceptors (Lipinski definition) is 2. The van der Waals surface area contributed by atoms with E-state index in [9.17, 15) is 17.6 Å². The van der Waals surface area contributed by atoms with Gasteiger partial charge in [-0.25, -0.2) is 4.39 Å². The molecule has 0 spiro atoms. The molecule has 2 aromatic carbocycles. The minimum Gasteiger partial charge on any atom is -0.352 e. The third-order valence-electron chi connectivity index (χ3n) is 4.96. The Morgan fingerprint density at radius 3 is 2.21 bits per heavy atom. The maximum atomic E-state index is 14.5. The molecular formula is C22H24F4O2. The summed E-state index contributed by atoms with van der Waals surface area (Å²) in [5, 5.41) is 0. The van der Waals surface area contributed by atoms with Crippen LogP contribution in [0.3, 0.4) is 0 Å². The summed E-state index contributed by atoms with van der Waals surface area (Å²) in [5.41, 5.74) is 0.751. The molecule has 0 unspecified atom stereocenters. The Kier molecular flexibility index (Phi) is 6.73. The van der Waals surface area contributed by atoms with Crippen molar-refractivity contribution in [3.63, 3.8) is 0 Å². The van der Waals surface area contributed by atoms with Crippen molar-refractivity contribution < 1.29 is 27.0 Å². The average molecular weight is 396 g/mol. The third kappa shape index (κ3) is 5.32. The molecule has 0 saturated carbocycles. The Balaban J connectivity index is 1.58. The van der Waals surface area contributed by atoms with Crippen molar-refractivity contribution in [3.05, 3.63) is 59.4 Å². The topological polar surface area (TPSA) is 18.5 Å². The smallest absolute Gasteiger partial charge is 0.352 e. The minimum atomic E-state index is -4.40.